The van der Waals surface area contributed by atoms with E-state index in [1.54, 1.807) is 0 Å². The molecule has 1 aromatic rings. The number of hydrogen-bond acceptors (Lipinski definition) is 4. The molecule has 1 fully saturated rings. The molecule has 2 heterocycles. The number of carbonyl (C=O) groups excluding carboxylic acids is 1. The summed E-state index contributed by atoms with van der Waals surface area (Å²) in [6, 6.07) is 1.08. The fourth-order valence-electron chi connectivity index (χ4n) is 2.01. The highest BCUT2D eigenvalue weighted by Crippen LogP contribution is 2.09. The van der Waals surface area contributed by atoms with Crippen LogP contribution in [0.25, 0.3) is 0 Å². The fourth-order valence-corrected chi connectivity index (χ4v) is 2.01. The predicted octanol–water partition coefficient (Wildman–Crippen LogP) is -1.21. The topological polar surface area (TPSA) is 107 Å². The van der Waals surface area contributed by atoms with Gasteiger partial charge in [-0.2, -0.15) is 0 Å². The largest absolute Gasteiger partial charge is 0.350 e. The van der Waals surface area contributed by atoms with E-state index in [0.717, 1.165) is 32.0 Å². The highest BCUT2D eigenvalue weighted by Gasteiger charge is 2.15. The summed E-state index contributed by atoms with van der Waals surface area (Å²) in [6.07, 6.45) is 2.04. The standard InChI is InChI=1S/C11H16N4O3/c16-9-5-8(14-11(18)15-9)10(17)13-6-7-1-3-12-4-2-7/h5,7,12H,1-4,6H2,(H,13,17)(H2,14,15,16,18). The van der Waals surface area contributed by atoms with Crippen molar-refractivity contribution in [1.82, 2.24) is 20.6 Å². The van der Waals surface area contributed by atoms with Crippen molar-refractivity contribution in [3.05, 3.63) is 32.6 Å². The van der Waals surface area contributed by atoms with Crippen LogP contribution in [0.4, 0.5) is 0 Å². The Labute approximate surface area is 103 Å². The van der Waals surface area contributed by atoms with Gasteiger partial charge in [0.2, 0.25) is 0 Å². The molecule has 2 rings (SSSR count). The summed E-state index contributed by atoms with van der Waals surface area (Å²) in [5, 5.41) is 5.98. The average Bonchev–Trinajstić information content (AvgIpc) is 2.36. The maximum absolute atomic E-state index is 11.7. The van der Waals surface area contributed by atoms with Crippen LogP contribution < -0.4 is 21.9 Å². The number of nitrogens with one attached hydrogen (secondary N) is 4. The van der Waals surface area contributed by atoms with E-state index in [4.69, 9.17) is 0 Å². The van der Waals surface area contributed by atoms with Gasteiger partial charge in [0.05, 0.1) is 0 Å². The maximum Gasteiger partial charge on any atom is 0.326 e. The van der Waals surface area contributed by atoms with Gasteiger partial charge in [0.1, 0.15) is 5.69 Å². The van der Waals surface area contributed by atoms with Crippen molar-refractivity contribution in [1.29, 1.82) is 0 Å². The molecule has 7 nitrogen and oxygen atoms in total. The minimum absolute atomic E-state index is 0.00214. The Kier molecular flexibility index (Phi) is 3.93. The number of H-pyrrole nitrogens is 2. The van der Waals surface area contributed by atoms with Crippen molar-refractivity contribution in [2.45, 2.75) is 12.8 Å². The van der Waals surface area contributed by atoms with Gasteiger partial charge < -0.3 is 15.6 Å². The van der Waals surface area contributed by atoms with Gasteiger partial charge in [-0.15, -0.1) is 0 Å². The highest BCUT2D eigenvalue weighted by molar-refractivity contribution is 5.91. The molecule has 1 aliphatic heterocycles. The third-order valence-corrected chi connectivity index (χ3v) is 3.02. The normalized spacial score (nSPS) is 16.4. The molecule has 4 N–H and O–H groups in total. The summed E-state index contributed by atoms with van der Waals surface area (Å²) in [5.74, 6) is 0.0284. The van der Waals surface area contributed by atoms with Crippen LogP contribution in [0.2, 0.25) is 0 Å². The quantitative estimate of drug-likeness (QED) is 0.541. The van der Waals surface area contributed by atoms with Gasteiger partial charge in [-0.05, 0) is 31.8 Å². The van der Waals surface area contributed by atoms with Gasteiger partial charge in [-0.3, -0.25) is 14.6 Å². The van der Waals surface area contributed by atoms with E-state index in [2.05, 4.69) is 15.6 Å². The van der Waals surface area contributed by atoms with Crippen molar-refractivity contribution in [3.63, 3.8) is 0 Å². The summed E-state index contributed by atoms with van der Waals surface area (Å²) in [4.78, 5) is 38.1. The number of amides is 1. The molecule has 1 saturated heterocycles. The number of aromatic nitrogens is 2. The lowest BCUT2D eigenvalue weighted by Gasteiger charge is -2.22. The molecule has 1 aliphatic rings. The van der Waals surface area contributed by atoms with Crippen LogP contribution in [-0.4, -0.2) is 35.5 Å². The Balaban J connectivity index is 1.94. The van der Waals surface area contributed by atoms with E-state index < -0.39 is 17.2 Å². The van der Waals surface area contributed by atoms with Gasteiger partial charge in [0, 0.05) is 12.6 Å². The minimum Gasteiger partial charge on any atom is -0.350 e. The van der Waals surface area contributed by atoms with Gasteiger partial charge in [-0.25, -0.2) is 4.79 Å². The molecule has 18 heavy (non-hydrogen) atoms. The van der Waals surface area contributed by atoms with E-state index in [9.17, 15) is 14.4 Å². The monoisotopic (exact) mass is 252 g/mol. The smallest absolute Gasteiger partial charge is 0.326 e. The second-order valence-electron chi connectivity index (χ2n) is 4.40. The molecule has 0 aromatic carbocycles. The lowest BCUT2D eigenvalue weighted by molar-refractivity contribution is 0.0938. The fraction of sp³-hybridized carbons (Fsp3) is 0.545. The zero-order valence-corrected chi connectivity index (χ0v) is 9.91. The van der Waals surface area contributed by atoms with Gasteiger partial charge in [-0.1, -0.05) is 0 Å². The summed E-state index contributed by atoms with van der Waals surface area (Å²) in [7, 11) is 0. The van der Waals surface area contributed by atoms with Crippen LogP contribution in [0.15, 0.2) is 15.7 Å². The van der Waals surface area contributed by atoms with Crippen molar-refractivity contribution in [2.24, 2.45) is 5.92 Å². The summed E-state index contributed by atoms with van der Waals surface area (Å²) < 4.78 is 0. The van der Waals surface area contributed by atoms with Crippen LogP contribution >= 0.6 is 0 Å². The second-order valence-corrected chi connectivity index (χ2v) is 4.40. The lowest BCUT2D eigenvalue weighted by atomic mass is 9.98. The molecule has 7 heteroatoms. The Hall–Kier alpha value is -1.89. The third-order valence-electron chi connectivity index (χ3n) is 3.02. The van der Waals surface area contributed by atoms with Gasteiger partial charge in [0.25, 0.3) is 11.5 Å². The van der Waals surface area contributed by atoms with E-state index in [-0.39, 0.29) is 5.69 Å². The molecule has 0 aliphatic carbocycles. The predicted molar refractivity (Wildman–Crippen MR) is 65.6 cm³/mol. The van der Waals surface area contributed by atoms with Crippen LogP contribution in [0.5, 0.6) is 0 Å². The first kappa shape index (κ1) is 12.6. The first-order valence-corrected chi connectivity index (χ1v) is 5.98. The molecule has 0 spiro atoms. The second kappa shape index (κ2) is 5.63. The lowest BCUT2D eigenvalue weighted by Crippen LogP contribution is -2.37. The number of rotatable bonds is 3. The molecule has 0 saturated carbocycles. The number of piperidine rings is 1. The van der Waals surface area contributed by atoms with E-state index >= 15 is 0 Å². The van der Waals surface area contributed by atoms with Crippen LogP contribution in [0.3, 0.4) is 0 Å². The molecule has 1 aromatic heterocycles. The van der Waals surface area contributed by atoms with Crippen molar-refractivity contribution in [2.75, 3.05) is 19.6 Å². The van der Waals surface area contributed by atoms with Crippen LogP contribution in [0.1, 0.15) is 23.3 Å². The Morgan fingerprint density at radius 3 is 2.67 bits per heavy atom. The van der Waals surface area contributed by atoms with Crippen molar-refractivity contribution >= 4 is 5.91 Å². The molecular formula is C11H16N4O3. The first-order chi connectivity index (χ1) is 8.65. The van der Waals surface area contributed by atoms with E-state index in [1.165, 1.54) is 0 Å². The van der Waals surface area contributed by atoms with Gasteiger partial charge in [0.15, 0.2) is 0 Å². The zero-order valence-electron chi connectivity index (χ0n) is 9.91. The Morgan fingerprint density at radius 2 is 2.00 bits per heavy atom. The molecular weight excluding hydrogens is 236 g/mol. The first-order valence-electron chi connectivity index (χ1n) is 5.98. The van der Waals surface area contributed by atoms with Crippen LogP contribution in [0, 0.1) is 5.92 Å². The number of carbonyl (C=O) groups is 1. The molecule has 0 bridgehead atoms. The number of aromatic amines is 2. The highest BCUT2D eigenvalue weighted by atomic mass is 16.2. The molecule has 1 amide bonds. The Morgan fingerprint density at radius 1 is 1.28 bits per heavy atom. The SMILES string of the molecule is O=C(NCC1CCNCC1)c1cc(=O)[nH]c(=O)[nH]1. The average molecular weight is 252 g/mol. The van der Waals surface area contributed by atoms with E-state index in [1.807, 2.05) is 4.98 Å². The van der Waals surface area contributed by atoms with Crippen molar-refractivity contribution in [3.8, 4) is 0 Å². The third kappa shape index (κ3) is 3.30. The number of hydrogen-bond donors (Lipinski definition) is 4. The minimum atomic E-state index is -0.672. The molecule has 98 valence electrons. The summed E-state index contributed by atoms with van der Waals surface area (Å²) >= 11 is 0. The molecule has 0 unspecified atom stereocenters. The maximum atomic E-state index is 11.7. The molecule has 0 radical (unpaired) electrons. The van der Waals surface area contributed by atoms with Crippen molar-refractivity contribution < 1.29 is 4.79 Å². The summed E-state index contributed by atoms with van der Waals surface area (Å²) in [5.41, 5.74) is -1.25. The van der Waals surface area contributed by atoms with Crippen LogP contribution in [-0.2, 0) is 0 Å². The van der Waals surface area contributed by atoms with E-state index in [0.29, 0.717) is 12.5 Å². The zero-order chi connectivity index (χ0) is 13.0. The Bertz CT molecular complexity index is 499. The van der Waals surface area contributed by atoms with Gasteiger partial charge >= 0.3 is 5.69 Å². The summed E-state index contributed by atoms with van der Waals surface area (Å²) in [6.45, 7) is 2.49. The molecule has 0 atom stereocenters.